The SMILES string of the molecule is CC(C)Nc1cccnc1N1CCN(C(O)c2cc3cc(OCCOCCOCCOCCO)ccc3[nH]2)CC1. The summed E-state index contributed by atoms with van der Waals surface area (Å²) < 4.78 is 21.9. The van der Waals surface area contributed by atoms with Crippen LogP contribution in [0.1, 0.15) is 25.8 Å². The Morgan fingerprint density at radius 1 is 0.925 bits per heavy atom. The van der Waals surface area contributed by atoms with Gasteiger partial charge in [0, 0.05) is 49.3 Å². The van der Waals surface area contributed by atoms with Crippen molar-refractivity contribution in [2.45, 2.75) is 26.1 Å². The molecular weight excluding hydrogens is 514 g/mol. The van der Waals surface area contributed by atoms with Gasteiger partial charge in [-0.15, -0.1) is 0 Å². The van der Waals surface area contributed by atoms with E-state index in [1.165, 1.54) is 0 Å². The summed E-state index contributed by atoms with van der Waals surface area (Å²) in [4.78, 5) is 12.3. The fourth-order valence-electron chi connectivity index (χ4n) is 4.63. The lowest BCUT2D eigenvalue weighted by Gasteiger charge is -2.38. The maximum Gasteiger partial charge on any atom is 0.152 e. The largest absolute Gasteiger partial charge is 0.491 e. The molecule has 4 rings (SSSR count). The minimum Gasteiger partial charge on any atom is -0.491 e. The van der Waals surface area contributed by atoms with Crippen molar-refractivity contribution in [3.63, 3.8) is 0 Å². The highest BCUT2D eigenvalue weighted by molar-refractivity contribution is 5.82. The number of aromatic amines is 1. The third-order valence-corrected chi connectivity index (χ3v) is 6.56. The standard InChI is InChI=1S/C29H43N5O6/c1-22(2)31-26-4-3-7-30-28(26)33-8-10-34(11-9-33)29(36)27-21-23-20-24(5-6-25(23)32-27)40-19-18-39-17-16-38-15-14-37-13-12-35/h3-7,20-22,29,31-32,35-36H,8-19H2,1-2H3. The van der Waals surface area contributed by atoms with Crippen LogP contribution in [-0.2, 0) is 14.2 Å². The average molecular weight is 558 g/mol. The van der Waals surface area contributed by atoms with E-state index in [0.29, 0.717) is 52.3 Å². The van der Waals surface area contributed by atoms with E-state index in [1.807, 2.05) is 36.5 Å². The van der Waals surface area contributed by atoms with Crippen molar-refractivity contribution in [2.24, 2.45) is 0 Å². The van der Waals surface area contributed by atoms with E-state index < -0.39 is 6.23 Å². The molecule has 40 heavy (non-hydrogen) atoms. The highest BCUT2D eigenvalue weighted by Crippen LogP contribution is 2.29. The Hall–Kier alpha value is -2.93. The first-order valence-corrected chi connectivity index (χ1v) is 14.0. The monoisotopic (exact) mass is 557 g/mol. The molecule has 4 N–H and O–H groups in total. The number of aliphatic hydroxyl groups is 2. The minimum absolute atomic E-state index is 0.0203. The molecule has 3 heterocycles. The summed E-state index contributed by atoms with van der Waals surface area (Å²) in [6.45, 7) is 10.4. The zero-order chi connectivity index (χ0) is 28.2. The molecule has 2 aromatic heterocycles. The van der Waals surface area contributed by atoms with Crippen molar-refractivity contribution in [3.8, 4) is 5.75 Å². The number of piperazine rings is 1. The van der Waals surface area contributed by atoms with Crippen LogP contribution in [-0.4, -0.2) is 110 Å². The van der Waals surface area contributed by atoms with Crippen molar-refractivity contribution in [2.75, 3.05) is 89.3 Å². The van der Waals surface area contributed by atoms with Crippen LogP contribution >= 0.6 is 0 Å². The molecule has 1 fully saturated rings. The Bertz CT molecular complexity index is 1150. The Labute approximate surface area is 236 Å². The normalized spacial score (nSPS) is 15.2. The van der Waals surface area contributed by atoms with E-state index in [1.54, 1.807) is 0 Å². The first-order chi connectivity index (χ1) is 19.5. The van der Waals surface area contributed by atoms with Crippen LogP contribution in [0.3, 0.4) is 0 Å². The minimum atomic E-state index is -0.715. The third kappa shape index (κ3) is 8.79. The second-order valence-corrected chi connectivity index (χ2v) is 9.95. The number of fused-ring (bicyclic) bond motifs is 1. The van der Waals surface area contributed by atoms with Gasteiger partial charge in [0.1, 0.15) is 18.6 Å². The number of aliphatic hydroxyl groups excluding tert-OH is 2. The van der Waals surface area contributed by atoms with Gasteiger partial charge in [-0.1, -0.05) is 0 Å². The summed E-state index contributed by atoms with van der Waals surface area (Å²) in [7, 11) is 0. The summed E-state index contributed by atoms with van der Waals surface area (Å²) >= 11 is 0. The number of pyridine rings is 1. The summed E-state index contributed by atoms with van der Waals surface area (Å²) in [6, 6.07) is 12.2. The van der Waals surface area contributed by atoms with Gasteiger partial charge in [0.15, 0.2) is 5.82 Å². The third-order valence-electron chi connectivity index (χ3n) is 6.56. The Balaban J connectivity index is 1.20. The van der Waals surface area contributed by atoms with E-state index in [9.17, 15) is 5.11 Å². The highest BCUT2D eigenvalue weighted by atomic mass is 16.6. The van der Waals surface area contributed by atoms with Crippen molar-refractivity contribution in [1.29, 1.82) is 0 Å². The first kappa shape index (κ1) is 30.0. The lowest BCUT2D eigenvalue weighted by molar-refractivity contribution is -0.00431. The van der Waals surface area contributed by atoms with Gasteiger partial charge in [0.05, 0.1) is 57.6 Å². The number of hydrogen-bond donors (Lipinski definition) is 4. The van der Waals surface area contributed by atoms with Gasteiger partial charge >= 0.3 is 0 Å². The summed E-state index contributed by atoms with van der Waals surface area (Å²) in [5, 5.41) is 24.2. The highest BCUT2D eigenvalue weighted by Gasteiger charge is 2.26. The Morgan fingerprint density at radius 2 is 1.62 bits per heavy atom. The molecule has 220 valence electrons. The first-order valence-electron chi connectivity index (χ1n) is 14.0. The van der Waals surface area contributed by atoms with Crippen LogP contribution in [0.15, 0.2) is 42.6 Å². The molecule has 1 saturated heterocycles. The number of aromatic nitrogens is 2. The molecule has 0 amide bonds. The fraction of sp³-hybridized carbons (Fsp3) is 0.552. The van der Waals surface area contributed by atoms with E-state index in [-0.39, 0.29) is 6.61 Å². The van der Waals surface area contributed by atoms with Crippen LogP contribution in [0, 0.1) is 0 Å². The fourth-order valence-corrected chi connectivity index (χ4v) is 4.63. The van der Waals surface area contributed by atoms with Gasteiger partial charge in [-0.3, -0.25) is 4.90 Å². The predicted octanol–water partition coefficient (Wildman–Crippen LogP) is 2.62. The van der Waals surface area contributed by atoms with Gasteiger partial charge in [-0.2, -0.15) is 0 Å². The molecule has 0 aliphatic carbocycles. The second-order valence-electron chi connectivity index (χ2n) is 9.95. The zero-order valence-corrected chi connectivity index (χ0v) is 23.6. The number of nitrogens with zero attached hydrogens (tertiary/aromatic N) is 3. The maximum atomic E-state index is 11.1. The molecule has 0 spiro atoms. The molecule has 1 aliphatic rings. The lowest BCUT2D eigenvalue weighted by atomic mass is 10.2. The van der Waals surface area contributed by atoms with Gasteiger partial charge in [0.25, 0.3) is 0 Å². The predicted molar refractivity (Wildman–Crippen MR) is 155 cm³/mol. The molecule has 1 aliphatic heterocycles. The quantitative estimate of drug-likeness (QED) is 0.184. The van der Waals surface area contributed by atoms with Crippen LogP contribution in [0.5, 0.6) is 5.75 Å². The molecule has 11 nitrogen and oxygen atoms in total. The topological polar surface area (TPSA) is 125 Å². The van der Waals surface area contributed by atoms with E-state index in [2.05, 4.69) is 45.0 Å². The van der Waals surface area contributed by atoms with Crippen molar-refractivity contribution < 1.29 is 29.2 Å². The number of nitrogens with one attached hydrogen (secondary N) is 2. The van der Waals surface area contributed by atoms with Crippen molar-refractivity contribution in [3.05, 3.63) is 48.3 Å². The molecule has 3 aromatic rings. The van der Waals surface area contributed by atoms with E-state index in [4.69, 9.17) is 24.1 Å². The number of anilines is 2. The molecule has 1 aromatic carbocycles. The Kier molecular flexibility index (Phi) is 11.8. The molecule has 1 atom stereocenters. The van der Waals surface area contributed by atoms with Crippen molar-refractivity contribution in [1.82, 2.24) is 14.9 Å². The van der Waals surface area contributed by atoms with Gasteiger partial charge in [-0.05, 0) is 50.2 Å². The number of H-pyrrole nitrogens is 1. The summed E-state index contributed by atoms with van der Waals surface area (Å²) in [5.74, 6) is 1.71. The number of ether oxygens (including phenoxy) is 4. The molecular formula is C29H43N5O6. The van der Waals surface area contributed by atoms with Gasteiger partial charge < -0.3 is 44.4 Å². The average Bonchev–Trinajstić information content (AvgIpc) is 3.39. The maximum absolute atomic E-state index is 11.1. The summed E-state index contributed by atoms with van der Waals surface area (Å²) in [5.41, 5.74) is 2.76. The van der Waals surface area contributed by atoms with Gasteiger partial charge in [0.2, 0.25) is 0 Å². The molecule has 0 bridgehead atoms. The number of benzene rings is 1. The van der Waals surface area contributed by atoms with Crippen LogP contribution in [0.2, 0.25) is 0 Å². The zero-order valence-electron chi connectivity index (χ0n) is 23.6. The molecule has 0 radical (unpaired) electrons. The number of hydrogen-bond acceptors (Lipinski definition) is 10. The van der Waals surface area contributed by atoms with E-state index in [0.717, 1.165) is 60.0 Å². The second kappa shape index (κ2) is 15.8. The number of rotatable bonds is 17. The van der Waals surface area contributed by atoms with Crippen LogP contribution in [0.4, 0.5) is 11.5 Å². The van der Waals surface area contributed by atoms with Crippen LogP contribution in [0.25, 0.3) is 10.9 Å². The Morgan fingerprint density at radius 3 is 2.33 bits per heavy atom. The lowest BCUT2D eigenvalue weighted by Crippen LogP contribution is -2.48. The van der Waals surface area contributed by atoms with Crippen LogP contribution < -0.4 is 15.0 Å². The molecule has 1 unspecified atom stereocenters. The smallest absolute Gasteiger partial charge is 0.152 e. The molecule has 11 heteroatoms. The summed E-state index contributed by atoms with van der Waals surface area (Å²) in [6.07, 6.45) is 1.11. The van der Waals surface area contributed by atoms with Crippen molar-refractivity contribution >= 4 is 22.4 Å². The van der Waals surface area contributed by atoms with E-state index >= 15 is 0 Å². The van der Waals surface area contributed by atoms with Gasteiger partial charge in [-0.25, -0.2) is 4.98 Å². The molecule has 0 saturated carbocycles.